The average molecular weight is 262 g/mol. The molecule has 0 fully saturated rings. The number of rotatable bonds is 3. The Hall–Kier alpha value is -1.91. The first-order valence-electron chi connectivity index (χ1n) is 5.40. The van der Waals surface area contributed by atoms with Gasteiger partial charge in [-0.3, -0.25) is 4.79 Å². The lowest BCUT2D eigenvalue weighted by atomic mass is 10.1. The van der Waals surface area contributed by atoms with Gasteiger partial charge in [0.2, 0.25) is 5.91 Å². The fourth-order valence-corrected chi connectivity index (χ4v) is 1.58. The normalized spacial score (nSPS) is 11.9. The number of hydrogen-bond acceptors (Lipinski definition) is 3. The molecule has 1 atom stereocenters. The van der Waals surface area contributed by atoms with E-state index in [-0.39, 0.29) is 5.91 Å². The van der Waals surface area contributed by atoms with Gasteiger partial charge in [-0.1, -0.05) is 41.9 Å². The van der Waals surface area contributed by atoms with Crippen LogP contribution in [0.4, 0.5) is 5.82 Å². The SMILES string of the molecule is N[C@@H](C(=O)Nc1ccc(Cl)cn1)c1ccccc1. The van der Waals surface area contributed by atoms with Crippen molar-refractivity contribution in [3.63, 3.8) is 0 Å². The number of hydrogen-bond donors (Lipinski definition) is 2. The first-order chi connectivity index (χ1) is 8.66. The highest BCUT2D eigenvalue weighted by Gasteiger charge is 2.15. The third-order valence-electron chi connectivity index (χ3n) is 2.42. The summed E-state index contributed by atoms with van der Waals surface area (Å²) in [4.78, 5) is 15.9. The molecule has 2 aromatic rings. The summed E-state index contributed by atoms with van der Waals surface area (Å²) in [5, 5.41) is 3.15. The van der Waals surface area contributed by atoms with Crippen molar-refractivity contribution in [2.24, 2.45) is 5.73 Å². The van der Waals surface area contributed by atoms with Crippen LogP contribution in [0.3, 0.4) is 0 Å². The summed E-state index contributed by atoms with van der Waals surface area (Å²) in [5.41, 5.74) is 6.60. The highest BCUT2D eigenvalue weighted by Crippen LogP contribution is 2.13. The van der Waals surface area contributed by atoms with Crippen LogP contribution < -0.4 is 11.1 Å². The molecule has 0 bridgehead atoms. The van der Waals surface area contributed by atoms with Gasteiger partial charge in [0.25, 0.3) is 0 Å². The Morgan fingerprint density at radius 3 is 2.56 bits per heavy atom. The second kappa shape index (κ2) is 5.62. The first kappa shape index (κ1) is 12.5. The molecule has 1 aromatic heterocycles. The number of aromatic nitrogens is 1. The van der Waals surface area contributed by atoms with E-state index in [1.54, 1.807) is 24.3 Å². The van der Waals surface area contributed by atoms with E-state index in [4.69, 9.17) is 17.3 Å². The average Bonchev–Trinajstić information content (AvgIpc) is 2.41. The molecular formula is C13H12ClN3O. The zero-order valence-electron chi connectivity index (χ0n) is 9.51. The van der Waals surface area contributed by atoms with Crippen molar-refractivity contribution in [3.05, 3.63) is 59.2 Å². The molecular weight excluding hydrogens is 250 g/mol. The molecule has 0 radical (unpaired) electrons. The number of nitrogens with zero attached hydrogens (tertiary/aromatic N) is 1. The Balaban J connectivity index is 2.06. The number of pyridine rings is 1. The van der Waals surface area contributed by atoms with Crippen LogP contribution in [0.25, 0.3) is 0 Å². The third-order valence-corrected chi connectivity index (χ3v) is 2.64. The Kier molecular flexibility index (Phi) is 3.92. The van der Waals surface area contributed by atoms with Crippen molar-refractivity contribution in [3.8, 4) is 0 Å². The fraction of sp³-hybridized carbons (Fsp3) is 0.0769. The number of amides is 1. The predicted octanol–water partition coefficient (Wildman–Crippen LogP) is 2.37. The van der Waals surface area contributed by atoms with Gasteiger partial charge in [-0.15, -0.1) is 0 Å². The van der Waals surface area contributed by atoms with Crippen LogP contribution in [-0.2, 0) is 4.79 Å². The molecule has 18 heavy (non-hydrogen) atoms. The lowest BCUT2D eigenvalue weighted by Gasteiger charge is -2.11. The highest BCUT2D eigenvalue weighted by molar-refractivity contribution is 6.30. The van der Waals surface area contributed by atoms with Gasteiger partial charge in [0.1, 0.15) is 11.9 Å². The third kappa shape index (κ3) is 3.06. The lowest BCUT2D eigenvalue weighted by Crippen LogP contribution is -2.27. The molecule has 0 aliphatic heterocycles. The van der Waals surface area contributed by atoms with E-state index in [2.05, 4.69) is 10.3 Å². The van der Waals surface area contributed by atoms with Crippen LogP contribution in [0.15, 0.2) is 48.7 Å². The minimum atomic E-state index is -0.719. The van der Waals surface area contributed by atoms with Crippen molar-refractivity contribution in [2.75, 3.05) is 5.32 Å². The van der Waals surface area contributed by atoms with Crippen LogP contribution in [0.5, 0.6) is 0 Å². The highest BCUT2D eigenvalue weighted by atomic mass is 35.5. The molecule has 1 heterocycles. The Labute approximate surface area is 110 Å². The molecule has 0 saturated heterocycles. The van der Waals surface area contributed by atoms with Gasteiger partial charge in [-0.25, -0.2) is 4.98 Å². The molecule has 1 aromatic carbocycles. The van der Waals surface area contributed by atoms with E-state index >= 15 is 0 Å². The van der Waals surface area contributed by atoms with Gasteiger partial charge in [0.05, 0.1) is 5.02 Å². The van der Waals surface area contributed by atoms with Gasteiger partial charge in [0.15, 0.2) is 0 Å². The number of carbonyl (C=O) groups is 1. The molecule has 0 saturated carbocycles. The summed E-state index contributed by atoms with van der Waals surface area (Å²) in [5.74, 6) is 0.117. The number of nitrogens with one attached hydrogen (secondary N) is 1. The topological polar surface area (TPSA) is 68.0 Å². The van der Waals surface area contributed by atoms with Gasteiger partial charge < -0.3 is 11.1 Å². The first-order valence-corrected chi connectivity index (χ1v) is 5.77. The molecule has 92 valence electrons. The predicted molar refractivity (Wildman–Crippen MR) is 71.2 cm³/mol. The molecule has 1 amide bonds. The molecule has 0 spiro atoms. The fourth-order valence-electron chi connectivity index (χ4n) is 1.47. The van der Waals surface area contributed by atoms with Gasteiger partial charge in [0, 0.05) is 6.20 Å². The van der Waals surface area contributed by atoms with Crippen molar-refractivity contribution in [1.29, 1.82) is 0 Å². The Morgan fingerprint density at radius 1 is 1.22 bits per heavy atom. The molecule has 5 heteroatoms. The van der Waals surface area contributed by atoms with Crippen molar-refractivity contribution in [1.82, 2.24) is 4.98 Å². The standard InChI is InChI=1S/C13H12ClN3O/c14-10-6-7-11(16-8-10)17-13(18)12(15)9-4-2-1-3-5-9/h1-8,12H,15H2,(H,16,17,18)/t12-/m1/s1. The zero-order valence-corrected chi connectivity index (χ0v) is 10.3. The second-order valence-corrected chi connectivity index (χ2v) is 4.18. The van der Waals surface area contributed by atoms with Crippen LogP contribution in [0, 0.1) is 0 Å². The summed E-state index contributed by atoms with van der Waals surface area (Å²) in [6.07, 6.45) is 1.46. The zero-order chi connectivity index (χ0) is 13.0. The minimum absolute atomic E-state index is 0.309. The van der Waals surface area contributed by atoms with E-state index in [0.29, 0.717) is 10.8 Å². The van der Waals surface area contributed by atoms with Gasteiger partial charge in [-0.2, -0.15) is 0 Å². The summed E-state index contributed by atoms with van der Waals surface area (Å²) < 4.78 is 0. The quantitative estimate of drug-likeness (QED) is 0.891. The molecule has 0 aliphatic rings. The maximum absolute atomic E-state index is 11.9. The number of halogens is 1. The summed E-state index contributed by atoms with van der Waals surface area (Å²) in [6.45, 7) is 0. The minimum Gasteiger partial charge on any atom is -0.316 e. The van der Waals surface area contributed by atoms with E-state index in [1.807, 2.05) is 18.2 Å². The number of nitrogens with two attached hydrogens (primary N) is 1. The van der Waals surface area contributed by atoms with E-state index in [9.17, 15) is 4.79 Å². The van der Waals surface area contributed by atoms with E-state index in [1.165, 1.54) is 6.20 Å². The van der Waals surface area contributed by atoms with Crippen LogP contribution in [0.2, 0.25) is 5.02 Å². The Bertz CT molecular complexity index is 528. The summed E-state index contributed by atoms with van der Waals surface area (Å²) in [7, 11) is 0. The van der Waals surface area contributed by atoms with Crippen molar-refractivity contribution in [2.45, 2.75) is 6.04 Å². The molecule has 3 N–H and O–H groups in total. The second-order valence-electron chi connectivity index (χ2n) is 3.74. The Morgan fingerprint density at radius 2 is 1.94 bits per heavy atom. The van der Waals surface area contributed by atoms with Crippen molar-refractivity contribution >= 4 is 23.3 Å². The van der Waals surface area contributed by atoms with Gasteiger partial charge >= 0.3 is 0 Å². The molecule has 0 unspecified atom stereocenters. The maximum atomic E-state index is 11.9. The smallest absolute Gasteiger partial charge is 0.247 e. The monoisotopic (exact) mass is 261 g/mol. The summed E-state index contributed by atoms with van der Waals surface area (Å²) >= 11 is 5.71. The maximum Gasteiger partial charge on any atom is 0.247 e. The van der Waals surface area contributed by atoms with Crippen LogP contribution >= 0.6 is 11.6 Å². The lowest BCUT2D eigenvalue weighted by molar-refractivity contribution is -0.117. The number of benzene rings is 1. The molecule has 4 nitrogen and oxygen atoms in total. The van der Waals surface area contributed by atoms with E-state index in [0.717, 1.165) is 5.56 Å². The molecule has 0 aliphatic carbocycles. The summed E-state index contributed by atoms with van der Waals surface area (Å²) in [6, 6.07) is 11.7. The largest absolute Gasteiger partial charge is 0.316 e. The number of carbonyl (C=O) groups excluding carboxylic acids is 1. The van der Waals surface area contributed by atoms with E-state index < -0.39 is 6.04 Å². The van der Waals surface area contributed by atoms with Crippen LogP contribution in [0.1, 0.15) is 11.6 Å². The molecule has 2 rings (SSSR count). The van der Waals surface area contributed by atoms with Crippen LogP contribution in [-0.4, -0.2) is 10.9 Å². The van der Waals surface area contributed by atoms with Crippen molar-refractivity contribution < 1.29 is 4.79 Å². The van der Waals surface area contributed by atoms with Gasteiger partial charge in [-0.05, 0) is 17.7 Å². The number of anilines is 1.